The minimum atomic E-state index is 0.587. The Morgan fingerprint density at radius 2 is 1.92 bits per heavy atom. The summed E-state index contributed by atoms with van der Waals surface area (Å²) in [5, 5.41) is 4.06. The van der Waals surface area contributed by atoms with Gasteiger partial charge in [-0.15, -0.1) is 11.3 Å². The van der Waals surface area contributed by atoms with Crippen LogP contribution in [0.15, 0.2) is 41.8 Å². The van der Waals surface area contributed by atoms with Gasteiger partial charge in [-0.2, -0.15) is 0 Å². The summed E-state index contributed by atoms with van der Waals surface area (Å²) in [5.74, 6) is 1.41. The van der Waals surface area contributed by atoms with E-state index >= 15 is 0 Å². The third-order valence-corrected chi connectivity index (χ3v) is 4.86. The Kier molecular flexibility index (Phi) is 5.29. The van der Waals surface area contributed by atoms with E-state index in [9.17, 15) is 0 Å². The maximum Gasteiger partial charge on any atom is 0.161 e. The largest absolute Gasteiger partial charge is 0.493 e. The van der Waals surface area contributed by atoms with Crippen LogP contribution in [0, 0.1) is 0 Å². The van der Waals surface area contributed by atoms with Crippen LogP contribution in [0.3, 0.4) is 0 Å². The number of halogens is 2. The van der Waals surface area contributed by atoms with Gasteiger partial charge in [-0.1, -0.05) is 23.2 Å². The average molecular weight is 380 g/mol. The average Bonchev–Trinajstić information content (AvgIpc) is 3.05. The molecular weight excluding hydrogens is 365 g/mol. The number of hydrogen-bond acceptors (Lipinski definition) is 4. The van der Waals surface area contributed by atoms with Gasteiger partial charge >= 0.3 is 0 Å². The van der Waals surface area contributed by atoms with E-state index in [0.29, 0.717) is 22.4 Å². The van der Waals surface area contributed by atoms with Crippen LogP contribution in [0.5, 0.6) is 11.5 Å². The molecule has 0 radical (unpaired) electrons. The van der Waals surface area contributed by atoms with Crippen LogP contribution in [0.4, 0.5) is 0 Å². The van der Waals surface area contributed by atoms with E-state index < -0.39 is 0 Å². The summed E-state index contributed by atoms with van der Waals surface area (Å²) in [6, 6.07) is 11.2. The Labute approximate surface area is 154 Å². The Hall–Kier alpha value is -1.75. The molecule has 0 saturated heterocycles. The first-order valence-corrected chi connectivity index (χ1v) is 8.98. The molecule has 0 unspecified atom stereocenters. The molecule has 3 aromatic rings. The number of hydrogen-bond donors (Lipinski definition) is 0. The van der Waals surface area contributed by atoms with Crippen LogP contribution in [0.2, 0.25) is 10.0 Å². The highest BCUT2D eigenvalue weighted by Gasteiger charge is 2.12. The number of benzene rings is 2. The summed E-state index contributed by atoms with van der Waals surface area (Å²) >= 11 is 13.8. The second-order valence-electron chi connectivity index (χ2n) is 4.96. The molecule has 3 nitrogen and oxygen atoms in total. The van der Waals surface area contributed by atoms with Gasteiger partial charge in [0.15, 0.2) is 11.5 Å². The van der Waals surface area contributed by atoms with Crippen LogP contribution < -0.4 is 9.47 Å². The second kappa shape index (κ2) is 7.43. The molecule has 0 bridgehead atoms. The quantitative estimate of drug-likeness (QED) is 0.529. The van der Waals surface area contributed by atoms with Crippen molar-refractivity contribution < 1.29 is 9.47 Å². The van der Waals surface area contributed by atoms with Crippen molar-refractivity contribution >= 4 is 34.5 Å². The second-order valence-corrected chi connectivity index (χ2v) is 6.66. The SMILES string of the molecule is CCOc1ccc(-c2nc(-c3ccc(Cl)cc3Cl)cs2)cc1OC. The van der Waals surface area contributed by atoms with Crippen molar-refractivity contribution in [1.82, 2.24) is 4.98 Å². The van der Waals surface area contributed by atoms with Crippen molar-refractivity contribution in [3.8, 4) is 33.3 Å². The number of nitrogens with zero attached hydrogens (tertiary/aromatic N) is 1. The lowest BCUT2D eigenvalue weighted by Gasteiger charge is -2.10. The van der Waals surface area contributed by atoms with E-state index in [1.165, 1.54) is 0 Å². The predicted molar refractivity (Wildman–Crippen MR) is 101 cm³/mol. The van der Waals surface area contributed by atoms with Crippen LogP contribution in [0.1, 0.15) is 6.92 Å². The molecule has 0 aliphatic rings. The molecule has 24 heavy (non-hydrogen) atoms. The molecule has 0 fully saturated rings. The lowest BCUT2D eigenvalue weighted by Crippen LogP contribution is -1.95. The predicted octanol–water partition coefficient (Wildman–Crippen LogP) is 6.19. The topological polar surface area (TPSA) is 31.4 Å². The summed E-state index contributed by atoms with van der Waals surface area (Å²) < 4.78 is 10.9. The van der Waals surface area contributed by atoms with Gasteiger partial charge in [-0.05, 0) is 43.3 Å². The molecule has 6 heteroatoms. The molecule has 0 aliphatic carbocycles. The van der Waals surface area contributed by atoms with Gasteiger partial charge in [0.1, 0.15) is 5.01 Å². The van der Waals surface area contributed by atoms with E-state index in [1.54, 1.807) is 24.5 Å². The Bertz CT molecular complexity index is 864. The zero-order valence-electron chi connectivity index (χ0n) is 13.2. The number of methoxy groups -OCH3 is 1. The van der Waals surface area contributed by atoms with E-state index in [0.717, 1.165) is 27.6 Å². The molecule has 0 aliphatic heterocycles. The third kappa shape index (κ3) is 3.51. The molecule has 0 saturated carbocycles. The lowest BCUT2D eigenvalue weighted by molar-refractivity contribution is 0.311. The number of thiazole rings is 1. The lowest BCUT2D eigenvalue weighted by atomic mass is 10.1. The smallest absolute Gasteiger partial charge is 0.161 e. The molecule has 2 aromatic carbocycles. The van der Waals surface area contributed by atoms with Gasteiger partial charge in [-0.25, -0.2) is 4.98 Å². The van der Waals surface area contributed by atoms with E-state index in [4.69, 9.17) is 32.7 Å². The highest BCUT2D eigenvalue weighted by molar-refractivity contribution is 7.13. The standard InChI is InChI=1S/C18H15Cl2NO2S/c1-3-23-16-7-4-11(8-17(16)22-2)18-21-15(10-24-18)13-6-5-12(19)9-14(13)20/h4-10H,3H2,1-2H3. The van der Waals surface area contributed by atoms with Crippen molar-refractivity contribution in [2.75, 3.05) is 13.7 Å². The number of ether oxygens (including phenoxy) is 2. The van der Waals surface area contributed by atoms with Gasteiger partial charge in [0.05, 0.1) is 24.4 Å². The Morgan fingerprint density at radius 3 is 2.62 bits per heavy atom. The van der Waals surface area contributed by atoms with Crippen molar-refractivity contribution in [1.29, 1.82) is 0 Å². The summed E-state index contributed by atoms with van der Waals surface area (Å²) in [7, 11) is 1.63. The van der Waals surface area contributed by atoms with E-state index in [1.807, 2.05) is 42.6 Å². The normalized spacial score (nSPS) is 10.7. The van der Waals surface area contributed by atoms with Gasteiger partial charge in [-0.3, -0.25) is 0 Å². The highest BCUT2D eigenvalue weighted by Crippen LogP contribution is 2.37. The molecule has 1 aromatic heterocycles. The van der Waals surface area contributed by atoms with Gasteiger partial charge < -0.3 is 9.47 Å². The molecule has 0 amide bonds. The molecule has 0 spiro atoms. The van der Waals surface area contributed by atoms with Crippen LogP contribution in [-0.4, -0.2) is 18.7 Å². The van der Waals surface area contributed by atoms with Crippen LogP contribution >= 0.6 is 34.5 Å². The first-order valence-electron chi connectivity index (χ1n) is 7.34. The fraction of sp³-hybridized carbons (Fsp3) is 0.167. The van der Waals surface area contributed by atoms with E-state index in [-0.39, 0.29) is 0 Å². The van der Waals surface area contributed by atoms with Crippen molar-refractivity contribution in [3.05, 3.63) is 51.8 Å². The Morgan fingerprint density at radius 1 is 1.08 bits per heavy atom. The van der Waals surface area contributed by atoms with Crippen molar-refractivity contribution in [3.63, 3.8) is 0 Å². The third-order valence-electron chi connectivity index (χ3n) is 3.42. The molecule has 3 rings (SSSR count). The number of aromatic nitrogens is 1. The zero-order chi connectivity index (χ0) is 17.1. The van der Waals surface area contributed by atoms with Crippen LogP contribution in [0.25, 0.3) is 21.8 Å². The maximum absolute atomic E-state index is 6.27. The molecule has 0 atom stereocenters. The molecule has 124 valence electrons. The summed E-state index contributed by atoms with van der Waals surface area (Å²) in [6.45, 7) is 2.53. The summed E-state index contributed by atoms with van der Waals surface area (Å²) in [4.78, 5) is 4.69. The maximum atomic E-state index is 6.27. The van der Waals surface area contributed by atoms with Crippen molar-refractivity contribution in [2.45, 2.75) is 6.92 Å². The summed E-state index contributed by atoms with van der Waals surface area (Å²) in [5.41, 5.74) is 2.66. The van der Waals surface area contributed by atoms with Crippen molar-refractivity contribution in [2.24, 2.45) is 0 Å². The Balaban J connectivity index is 1.96. The summed E-state index contributed by atoms with van der Waals surface area (Å²) in [6.07, 6.45) is 0. The molecule has 0 N–H and O–H groups in total. The number of rotatable bonds is 5. The fourth-order valence-electron chi connectivity index (χ4n) is 2.30. The minimum Gasteiger partial charge on any atom is -0.493 e. The van der Waals surface area contributed by atoms with Gasteiger partial charge in [0, 0.05) is 21.5 Å². The first-order chi connectivity index (χ1) is 11.6. The van der Waals surface area contributed by atoms with Gasteiger partial charge in [0.25, 0.3) is 0 Å². The minimum absolute atomic E-state index is 0.587. The highest BCUT2D eigenvalue weighted by atomic mass is 35.5. The van der Waals surface area contributed by atoms with Gasteiger partial charge in [0.2, 0.25) is 0 Å². The van der Waals surface area contributed by atoms with Crippen LogP contribution in [-0.2, 0) is 0 Å². The fourth-order valence-corrected chi connectivity index (χ4v) is 3.62. The molecular formula is C18H15Cl2NO2S. The van der Waals surface area contributed by atoms with E-state index in [2.05, 4.69) is 4.98 Å². The molecule has 1 heterocycles. The monoisotopic (exact) mass is 379 g/mol. The first kappa shape index (κ1) is 17.1. The zero-order valence-corrected chi connectivity index (χ0v) is 15.5.